The van der Waals surface area contributed by atoms with Crippen LogP contribution in [0.5, 0.6) is 0 Å². The molecule has 0 N–H and O–H groups in total. The van der Waals surface area contributed by atoms with Gasteiger partial charge in [0.05, 0.1) is 31.0 Å². The molecule has 146 valence electrons. The lowest BCUT2D eigenvalue weighted by atomic mass is 9.90. The summed E-state index contributed by atoms with van der Waals surface area (Å²) < 4.78 is 2.31. The van der Waals surface area contributed by atoms with Gasteiger partial charge in [0.2, 0.25) is 11.8 Å². The van der Waals surface area contributed by atoms with E-state index in [0.29, 0.717) is 25.6 Å². The first kappa shape index (κ1) is 17.5. The summed E-state index contributed by atoms with van der Waals surface area (Å²) in [4.78, 5) is 33.7. The van der Waals surface area contributed by atoms with Gasteiger partial charge < -0.3 is 14.4 Å². The number of amides is 2. The number of aromatic nitrogens is 2. The molecule has 5 rings (SSSR count). The average molecular weight is 378 g/mol. The van der Waals surface area contributed by atoms with Crippen molar-refractivity contribution in [1.29, 1.82) is 0 Å². The Kier molecular flexibility index (Phi) is 4.22. The Labute approximate surface area is 165 Å². The lowest BCUT2D eigenvalue weighted by molar-refractivity contribution is -0.137. The molecule has 1 aromatic heterocycles. The topological polar surface area (TPSA) is 58.4 Å². The van der Waals surface area contributed by atoms with Gasteiger partial charge in [0.1, 0.15) is 0 Å². The molecule has 3 heterocycles. The Bertz CT molecular complexity index is 930. The molecule has 1 aromatic carbocycles. The maximum absolute atomic E-state index is 13.2. The van der Waals surface area contributed by atoms with Crippen molar-refractivity contribution in [1.82, 2.24) is 19.4 Å². The second kappa shape index (κ2) is 6.76. The van der Waals surface area contributed by atoms with Crippen LogP contribution in [0, 0.1) is 0 Å². The smallest absolute Gasteiger partial charge is 0.225 e. The Morgan fingerprint density at radius 3 is 2.75 bits per heavy atom. The van der Waals surface area contributed by atoms with Crippen molar-refractivity contribution in [2.75, 3.05) is 13.1 Å². The summed E-state index contributed by atoms with van der Waals surface area (Å²) in [6.07, 6.45) is 6.50. The second-order valence-corrected chi connectivity index (χ2v) is 8.22. The van der Waals surface area contributed by atoms with E-state index in [1.807, 2.05) is 28.3 Å². The van der Waals surface area contributed by atoms with E-state index in [2.05, 4.69) is 21.7 Å². The SMILES string of the molecule is CC(=O)N1CCc2ccccc2[C@@H]1CC(=O)N1CCc2c(ncn2C2CC2)C1. The third-order valence-electron chi connectivity index (χ3n) is 6.42. The van der Waals surface area contributed by atoms with Crippen molar-refractivity contribution in [3.8, 4) is 0 Å². The molecule has 1 aliphatic carbocycles. The Morgan fingerprint density at radius 1 is 1.14 bits per heavy atom. The first-order valence-corrected chi connectivity index (χ1v) is 10.3. The molecule has 0 radical (unpaired) electrons. The number of carbonyl (C=O) groups is 2. The summed E-state index contributed by atoms with van der Waals surface area (Å²) in [5, 5.41) is 0. The highest BCUT2D eigenvalue weighted by molar-refractivity contribution is 5.80. The number of nitrogens with zero attached hydrogens (tertiary/aromatic N) is 4. The van der Waals surface area contributed by atoms with Crippen LogP contribution in [-0.2, 0) is 29.0 Å². The van der Waals surface area contributed by atoms with Crippen LogP contribution in [0.15, 0.2) is 30.6 Å². The first-order chi connectivity index (χ1) is 13.6. The minimum atomic E-state index is -0.166. The van der Waals surface area contributed by atoms with Gasteiger partial charge in [-0.1, -0.05) is 24.3 Å². The monoisotopic (exact) mass is 378 g/mol. The molecular formula is C22H26N4O2. The summed E-state index contributed by atoms with van der Waals surface area (Å²) in [5.74, 6) is 0.149. The van der Waals surface area contributed by atoms with Crippen LogP contribution in [0.25, 0.3) is 0 Å². The van der Waals surface area contributed by atoms with E-state index in [0.717, 1.165) is 30.6 Å². The fraction of sp³-hybridized carbons (Fsp3) is 0.500. The van der Waals surface area contributed by atoms with Crippen LogP contribution < -0.4 is 0 Å². The van der Waals surface area contributed by atoms with Crippen LogP contribution in [0.4, 0.5) is 0 Å². The van der Waals surface area contributed by atoms with Crippen LogP contribution in [0.2, 0.25) is 0 Å². The number of rotatable bonds is 3. The summed E-state index contributed by atoms with van der Waals surface area (Å²) in [6, 6.07) is 8.67. The fourth-order valence-corrected chi connectivity index (χ4v) is 4.75. The van der Waals surface area contributed by atoms with Crippen LogP contribution in [0.1, 0.15) is 60.8 Å². The average Bonchev–Trinajstić information content (AvgIpc) is 3.46. The Morgan fingerprint density at radius 2 is 1.96 bits per heavy atom. The van der Waals surface area contributed by atoms with Gasteiger partial charge in [-0.25, -0.2) is 4.98 Å². The van der Waals surface area contributed by atoms with Crippen LogP contribution in [-0.4, -0.2) is 44.3 Å². The standard InChI is InChI=1S/C22H26N4O2/c1-15(27)25-11-8-16-4-2-3-5-18(16)21(25)12-22(28)24-10-9-20-19(13-24)23-14-26(20)17-6-7-17/h2-5,14,17,21H,6-13H2,1H3/t21-/m0/s1. The number of hydrogen-bond acceptors (Lipinski definition) is 3. The molecule has 0 saturated heterocycles. The number of benzene rings is 1. The number of hydrogen-bond donors (Lipinski definition) is 0. The second-order valence-electron chi connectivity index (χ2n) is 8.22. The van der Waals surface area contributed by atoms with Gasteiger partial charge in [0.15, 0.2) is 0 Å². The molecule has 1 atom stereocenters. The molecule has 6 nitrogen and oxygen atoms in total. The number of fused-ring (bicyclic) bond motifs is 2. The third kappa shape index (κ3) is 3.01. The molecule has 0 unspecified atom stereocenters. The zero-order valence-corrected chi connectivity index (χ0v) is 16.3. The maximum atomic E-state index is 13.2. The predicted molar refractivity (Wildman–Crippen MR) is 105 cm³/mol. The Hall–Kier alpha value is -2.63. The highest BCUT2D eigenvalue weighted by Crippen LogP contribution is 2.38. The largest absolute Gasteiger partial charge is 0.336 e. The Balaban J connectivity index is 1.35. The van der Waals surface area contributed by atoms with Crippen LogP contribution in [0.3, 0.4) is 0 Å². The molecule has 0 bridgehead atoms. The van der Waals surface area contributed by atoms with Gasteiger partial charge in [-0.3, -0.25) is 9.59 Å². The first-order valence-electron chi connectivity index (χ1n) is 10.3. The summed E-state index contributed by atoms with van der Waals surface area (Å²) in [5.41, 5.74) is 4.72. The molecule has 2 amide bonds. The van der Waals surface area contributed by atoms with Crippen molar-refractivity contribution in [2.45, 2.75) is 57.7 Å². The highest BCUT2D eigenvalue weighted by atomic mass is 16.2. The summed E-state index contributed by atoms with van der Waals surface area (Å²) in [6.45, 7) is 3.60. The van der Waals surface area contributed by atoms with Gasteiger partial charge in [-0.2, -0.15) is 0 Å². The van der Waals surface area contributed by atoms with Crippen molar-refractivity contribution in [3.05, 3.63) is 53.1 Å². The van der Waals surface area contributed by atoms with E-state index in [4.69, 9.17) is 0 Å². The van der Waals surface area contributed by atoms with E-state index in [1.165, 1.54) is 24.1 Å². The molecule has 2 aliphatic heterocycles. The molecule has 1 saturated carbocycles. The predicted octanol–water partition coefficient (Wildman–Crippen LogP) is 2.64. The third-order valence-corrected chi connectivity index (χ3v) is 6.42. The normalized spacial score (nSPS) is 21.2. The maximum Gasteiger partial charge on any atom is 0.225 e. The van der Waals surface area contributed by atoms with E-state index in [-0.39, 0.29) is 17.9 Å². The fourth-order valence-electron chi connectivity index (χ4n) is 4.75. The van der Waals surface area contributed by atoms with Crippen molar-refractivity contribution in [2.24, 2.45) is 0 Å². The van der Waals surface area contributed by atoms with Gasteiger partial charge >= 0.3 is 0 Å². The lowest BCUT2D eigenvalue weighted by Crippen LogP contribution is -2.43. The zero-order chi connectivity index (χ0) is 19.3. The van der Waals surface area contributed by atoms with Gasteiger partial charge in [0.25, 0.3) is 0 Å². The van der Waals surface area contributed by atoms with Crippen LogP contribution >= 0.6 is 0 Å². The van der Waals surface area contributed by atoms with E-state index in [9.17, 15) is 9.59 Å². The van der Waals surface area contributed by atoms with E-state index < -0.39 is 0 Å². The molecule has 1 fully saturated rings. The lowest BCUT2D eigenvalue weighted by Gasteiger charge is -2.38. The van der Waals surface area contributed by atoms with Gasteiger partial charge in [-0.15, -0.1) is 0 Å². The molecule has 3 aliphatic rings. The summed E-state index contributed by atoms with van der Waals surface area (Å²) >= 11 is 0. The minimum Gasteiger partial charge on any atom is -0.336 e. The van der Waals surface area contributed by atoms with Crippen molar-refractivity contribution < 1.29 is 9.59 Å². The van der Waals surface area contributed by atoms with E-state index in [1.54, 1.807) is 6.92 Å². The molecule has 28 heavy (non-hydrogen) atoms. The van der Waals surface area contributed by atoms with Gasteiger partial charge in [0, 0.05) is 38.2 Å². The number of carbonyl (C=O) groups excluding carboxylic acids is 2. The summed E-state index contributed by atoms with van der Waals surface area (Å²) in [7, 11) is 0. The molecule has 0 spiro atoms. The van der Waals surface area contributed by atoms with Crippen molar-refractivity contribution >= 4 is 11.8 Å². The minimum absolute atomic E-state index is 0.0383. The number of imidazole rings is 1. The van der Waals surface area contributed by atoms with E-state index >= 15 is 0 Å². The molecule has 2 aromatic rings. The van der Waals surface area contributed by atoms with Gasteiger partial charge in [-0.05, 0) is 30.4 Å². The highest BCUT2D eigenvalue weighted by Gasteiger charge is 2.34. The molecular weight excluding hydrogens is 352 g/mol. The quantitative estimate of drug-likeness (QED) is 0.825. The zero-order valence-electron chi connectivity index (χ0n) is 16.3. The van der Waals surface area contributed by atoms with Crippen molar-refractivity contribution in [3.63, 3.8) is 0 Å². The molecule has 6 heteroatoms.